The lowest BCUT2D eigenvalue weighted by Gasteiger charge is -2.09. The van der Waals surface area contributed by atoms with Crippen LogP contribution in [0.4, 0.5) is 0 Å². The Morgan fingerprint density at radius 3 is 2.65 bits per heavy atom. The summed E-state index contributed by atoms with van der Waals surface area (Å²) in [5, 5.41) is 0. The summed E-state index contributed by atoms with van der Waals surface area (Å²) < 4.78 is 30.5. The van der Waals surface area contributed by atoms with Crippen LogP contribution in [0.1, 0.15) is 10.4 Å². The van der Waals surface area contributed by atoms with E-state index >= 15 is 0 Å². The molecule has 3 N–H and O–H groups in total. The lowest BCUT2D eigenvalue weighted by atomic mass is 10.2. The van der Waals surface area contributed by atoms with Crippen molar-refractivity contribution in [2.45, 2.75) is 4.90 Å². The van der Waals surface area contributed by atoms with Crippen LogP contribution in [0.5, 0.6) is 0 Å². The van der Waals surface area contributed by atoms with Crippen molar-refractivity contribution in [3.05, 3.63) is 29.8 Å². The van der Waals surface area contributed by atoms with Gasteiger partial charge in [-0.15, -0.1) is 0 Å². The van der Waals surface area contributed by atoms with Gasteiger partial charge in [0, 0.05) is 13.1 Å². The molecule has 1 aromatic carbocycles. The second-order valence-corrected chi connectivity index (χ2v) is 4.91. The SMILES string of the molecule is COC(=O)c1ccccc1S(=O)(=O)NCCN. The average Bonchev–Trinajstić information content (AvgIpc) is 2.35. The standard InChI is InChI=1S/C10H14N2O4S/c1-16-10(13)8-4-2-3-5-9(8)17(14,15)12-7-6-11/h2-5,12H,6-7,11H2,1H3. The van der Waals surface area contributed by atoms with E-state index in [1.54, 1.807) is 6.07 Å². The highest BCUT2D eigenvalue weighted by atomic mass is 32.2. The predicted octanol–water partition coefficient (Wildman–Crippen LogP) is -0.290. The zero-order chi connectivity index (χ0) is 12.9. The third kappa shape index (κ3) is 3.26. The largest absolute Gasteiger partial charge is 0.465 e. The molecule has 0 bridgehead atoms. The summed E-state index contributed by atoms with van der Waals surface area (Å²) in [6.07, 6.45) is 0. The molecule has 0 aromatic heterocycles. The fraction of sp³-hybridized carbons (Fsp3) is 0.300. The molecule has 1 rings (SSSR count). The molecule has 0 aliphatic carbocycles. The minimum Gasteiger partial charge on any atom is -0.465 e. The Bertz CT molecular complexity index is 499. The van der Waals surface area contributed by atoms with E-state index in [1.807, 2.05) is 0 Å². The highest BCUT2D eigenvalue weighted by molar-refractivity contribution is 7.89. The summed E-state index contributed by atoms with van der Waals surface area (Å²) in [5.74, 6) is -0.696. The minimum atomic E-state index is -3.74. The van der Waals surface area contributed by atoms with Crippen LogP contribution in [0, 0.1) is 0 Å². The first-order valence-electron chi connectivity index (χ1n) is 4.90. The number of ether oxygens (including phenoxy) is 1. The van der Waals surface area contributed by atoms with E-state index in [0.717, 1.165) is 0 Å². The van der Waals surface area contributed by atoms with Crippen LogP contribution >= 0.6 is 0 Å². The molecule has 0 spiro atoms. The molecule has 0 aliphatic heterocycles. The third-order valence-corrected chi connectivity index (χ3v) is 3.54. The molecule has 0 aliphatic rings. The summed E-state index contributed by atoms with van der Waals surface area (Å²) in [6.45, 7) is 0.289. The van der Waals surface area contributed by atoms with E-state index in [4.69, 9.17) is 5.73 Å². The first-order valence-corrected chi connectivity index (χ1v) is 6.38. The van der Waals surface area contributed by atoms with E-state index in [-0.39, 0.29) is 23.5 Å². The molecule has 17 heavy (non-hydrogen) atoms. The second-order valence-electron chi connectivity index (χ2n) is 3.17. The van der Waals surface area contributed by atoms with Gasteiger partial charge in [0.1, 0.15) is 0 Å². The van der Waals surface area contributed by atoms with Crippen molar-refractivity contribution in [3.63, 3.8) is 0 Å². The van der Waals surface area contributed by atoms with Crippen LogP contribution in [0.25, 0.3) is 0 Å². The fourth-order valence-electron chi connectivity index (χ4n) is 1.25. The molecule has 0 atom stereocenters. The van der Waals surface area contributed by atoms with E-state index in [2.05, 4.69) is 9.46 Å². The van der Waals surface area contributed by atoms with Crippen LogP contribution in [-0.2, 0) is 14.8 Å². The first-order chi connectivity index (χ1) is 8.03. The summed E-state index contributed by atoms with van der Waals surface area (Å²) in [6, 6.07) is 5.83. The Labute approximate surface area is 99.8 Å². The fourth-order valence-corrected chi connectivity index (χ4v) is 2.49. The number of methoxy groups -OCH3 is 1. The summed E-state index contributed by atoms with van der Waals surface area (Å²) >= 11 is 0. The maximum atomic E-state index is 11.9. The van der Waals surface area contributed by atoms with Gasteiger partial charge in [0.2, 0.25) is 10.0 Å². The van der Waals surface area contributed by atoms with Gasteiger partial charge in [-0.2, -0.15) is 0 Å². The second kappa shape index (κ2) is 5.76. The van der Waals surface area contributed by atoms with E-state index in [9.17, 15) is 13.2 Å². The van der Waals surface area contributed by atoms with Crippen molar-refractivity contribution in [1.82, 2.24) is 4.72 Å². The Morgan fingerprint density at radius 2 is 2.06 bits per heavy atom. The smallest absolute Gasteiger partial charge is 0.339 e. The van der Waals surface area contributed by atoms with Crippen molar-refractivity contribution >= 4 is 16.0 Å². The highest BCUT2D eigenvalue weighted by Gasteiger charge is 2.21. The van der Waals surface area contributed by atoms with Crippen LogP contribution in [0.3, 0.4) is 0 Å². The molecule has 94 valence electrons. The van der Waals surface area contributed by atoms with Gasteiger partial charge in [0.05, 0.1) is 17.6 Å². The van der Waals surface area contributed by atoms with Crippen molar-refractivity contribution < 1.29 is 17.9 Å². The zero-order valence-corrected chi connectivity index (χ0v) is 10.2. The maximum absolute atomic E-state index is 11.9. The van der Waals surface area contributed by atoms with E-state index in [0.29, 0.717) is 0 Å². The Morgan fingerprint density at radius 1 is 1.41 bits per heavy atom. The summed E-state index contributed by atoms with van der Waals surface area (Å²) in [5.41, 5.74) is 5.22. The van der Waals surface area contributed by atoms with Crippen LogP contribution in [0.2, 0.25) is 0 Å². The topological polar surface area (TPSA) is 98.5 Å². The molecular weight excluding hydrogens is 244 g/mol. The Balaban J connectivity index is 3.17. The molecular formula is C10H14N2O4S. The van der Waals surface area contributed by atoms with Crippen LogP contribution < -0.4 is 10.5 Å². The number of hydrogen-bond acceptors (Lipinski definition) is 5. The zero-order valence-electron chi connectivity index (χ0n) is 9.34. The quantitative estimate of drug-likeness (QED) is 0.707. The van der Waals surface area contributed by atoms with Gasteiger partial charge in [-0.1, -0.05) is 12.1 Å². The number of esters is 1. The van der Waals surface area contributed by atoms with Crippen molar-refractivity contribution in [3.8, 4) is 0 Å². The molecule has 0 saturated carbocycles. The van der Waals surface area contributed by atoms with Gasteiger partial charge in [-0.25, -0.2) is 17.9 Å². The lowest BCUT2D eigenvalue weighted by molar-refractivity contribution is 0.0596. The van der Waals surface area contributed by atoms with Gasteiger partial charge in [0.15, 0.2) is 0 Å². The third-order valence-electron chi connectivity index (χ3n) is 2.02. The molecule has 0 amide bonds. The number of hydrogen-bond donors (Lipinski definition) is 2. The molecule has 0 saturated heterocycles. The number of benzene rings is 1. The Kier molecular flexibility index (Phi) is 4.62. The molecule has 0 heterocycles. The van der Waals surface area contributed by atoms with Gasteiger partial charge >= 0.3 is 5.97 Å². The molecule has 0 radical (unpaired) electrons. The summed E-state index contributed by atoms with van der Waals surface area (Å²) in [7, 11) is -2.55. The highest BCUT2D eigenvalue weighted by Crippen LogP contribution is 2.15. The van der Waals surface area contributed by atoms with Gasteiger partial charge in [0.25, 0.3) is 0 Å². The molecule has 0 fully saturated rings. The van der Waals surface area contributed by atoms with Gasteiger partial charge in [-0.3, -0.25) is 0 Å². The monoisotopic (exact) mass is 258 g/mol. The van der Waals surface area contributed by atoms with Crippen molar-refractivity contribution in [1.29, 1.82) is 0 Å². The molecule has 0 unspecified atom stereocenters. The first kappa shape index (κ1) is 13.6. The van der Waals surface area contributed by atoms with Crippen LogP contribution in [-0.4, -0.2) is 34.6 Å². The number of nitrogens with one attached hydrogen (secondary N) is 1. The number of carbonyl (C=O) groups is 1. The number of carbonyl (C=O) groups excluding carboxylic acids is 1. The number of nitrogens with two attached hydrogens (primary N) is 1. The van der Waals surface area contributed by atoms with E-state index in [1.165, 1.54) is 25.3 Å². The molecule has 7 heteroatoms. The Hall–Kier alpha value is -1.44. The van der Waals surface area contributed by atoms with Crippen molar-refractivity contribution in [2.24, 2.45) is 5.73 Å². The predicted molar refractivity (Wildman–Crippen MR) is 62.0 cm³/mol. The van der Waals surface area contributed by atoms with Gasteiger partial charge < -0.3 is 10.5 Å². The number of rotatable bonds is 5. The van der Waals surface area contributed by atoms with Crippen LogP contribution in [0.15, 0.2) is 29.2 Å². The average molecular weight is 258 g/mol. The summed E-state index contributed by atoms with van der Waals surface area (Å²) in [4.78, 5) is 11.3. The minimum absolute atomic E-state index is 0.000443. The lowest BCUT2D eigenvalue weighted by Crippen LogP contribution is -2.30. The maximum Gasteiger partial charge on any atom is 0.339 e. The van der Waals surface area contributed by atoms with Crippen molar-refractivity contribution in [2.75, 3.05) is 20.2 Å². The molecule has 1 aromatic rings. The normalized spacial score (nSPS) is 11.2. The van der Waals surface area contributed by atoms with E-state index < -0.39 is 16.0 Å². The number of sulfonamides is 1. The van der Waals surface area contributed by atoms with Gasteiger partial charge in [-0.05, 0) is 12.1 Å². The molecule has 6 nitrogen and oxygen atoms in total.